The van der Waals surface area contributed by atoms with Crippen LogP contribution in [0.25, 0.3) is 99.1 Å². The van der Waals surface area contributed by atoms with Crippen LogP contribution in [0.1, 0.15) is 22.3 Å². The maximum atomic E-state index is 6.59. The molecule has 15 rings (SSSR count). The van der Waals surface area contributed by atoms with E-state index in [4.69, 9.17) is 4.42 Å². The Labute approximate surface area is 412 Å². The fourth-order valence-electron chi connectivity index (χ4n) is 12.3. The molecule has 2 heteroatoms. The molecule has 0 N–H and O–H groups in total. The molecule has 0 aliphatic heterocycles. The summed E-state index contributed by atoms with van der Waals surface area (Å²) in [4.78, 5) is 2.50. The van der Waals surface area contributed by atoms with Gasteiger partial charge >= 0.3 is 0 Å². The Bertz CT molecular complexity index is 4270. The second kappa shape index (κ2) is 15.4. The van der Waals surface area contributed by atoms with Crippen LogP contribution in [0.5, 0.6) is 0 Å². The lowest BCUT2D eigenvalue weighted by Gasteiger charge is -2.33. The van der Waals surface area contributed by atoms with Gasteiger partial charge in [-0.15, -0.1) is 0 Å². The highest BCUT2D eigenvalue weighted by Crippen LogP contribution is 2.64. The summed E-state index contributed by atoms with van der Waals surface area (Å²) in [5, 5.41) is 7.12. The van der Waals surface area contributed by atoms with Crippen molar-refractivity contribution in [2.45, 2.75) is 5.41 Å². The Morgan fingerprint density at radius 1 is 0.282 bits per heavy atom. The van der Waals surface area contributed by atoms with Crippen LogP contribution in [0, 0.1) is 0 Å². The third-order valence-electron chi connectivity index (χ3n) is 15.5. The lowest BCUT2D eigenvalue weighted by atomic mass is 9.70. The second-order valence-electron chi connectivity index (χ2n) is 19.1. The zero-order chi connectivity index (χ0) is 46.6. The van der Waals surface area contributed by atoms with E-state index in [0.29, 0.717) is 0 Å². The average molecular weight is 902 g/mol. The van der Waals surface area contributed by atoms with Crippen molar-refractivity contribution < 1.29 is 4.42 Å². The van der Waals surface area contributed by atoms with E-state index < -0.39 is 5.41 Å². The molecular formula is C69H43NO. The molecule has 0 saturated heterocycles. The summed E-state index contributed by atoms with van der Waals surface area (Å²) in [6.07, 6.45) is 0. The number of para-hydroxylation sites is 1. The fourth-order valence-corrected chi connectivity index (χ4v) is 12.3. The molecule has 13 aromatic rings. The molecule has 0 radical (unpaired) electrons. The van der Waals surface area contributed by atoms with Crippen LogP contribution in [-0.4, -0.2) is 0 Å². The Morgan fingerprint density at radius 2 is 0.803 bits per heavy atom. The van der Waals surface area contributed by atoms with E-state index in [1.54, 1.807) is 0 Å². The predicted molar refractivity (Wildman–Crippen MR) is 296 cm³/mol. The number of nitrogens with zero attached hydrogens (tertiary/aromatic N) is 1. The minimum absolute atomic E-state index is 0.530. The highest BCUT2D eigenvalue weighted by molar-refractivity contribution is 6.15. The third kappa shape index (κ3) is 5.83. The number of rotatable bonds is 6. The molecule has 12 aromatic carbocycles. The summed E-state index contributed by atoms with van der Waals surface area (Å²) < 4.78 is 6.59. The van der Waals surface area contributed by atoms with E-state index in [2.05, 4.69) is 266 Å². The van der Waals surface area contributed by atoms with Crippen LogP contribution in [0.3, 0.4) is 0 Å². The molecule has 0 saturated carbocycles. The Balaban J connectivity index is 0.936. The number of benzene rings is 12. The first-order valence-electron chi connectivity index (χ1n) is 24.6. The van der Waals surface area contributed by atoms with Gasteiger partial charge in [0, 0.05) is 33.1 Å². The first kappa shape index (κ1) is 39.7. The summed E-state index contributed by atoms with van der Waals surface area (Å²) in [6, 6.07) is 96.2. The highest BCUT2D eigenvalue weighted by atomic mass is 16.3. The Kier molecular flexibility index (Phi) is 8.61. The predicted octanol–water partition coefficient (Wildman–Crippen LogP) is 18.7. The monoisotopic (exact) mass is 901 g/mol. The molecule has 2 aliphatic rings. The largest absolute Gasteiger partial charge is 0.455 e. The zero-order valence-electron chi connectivity index (χ0n) is 38.7. The van der Waals surface area contributed by atoms with Gasteiger partial charge in [-0.3, -0.25) is 0 Å². The van der Waals surface area contributed by atoms with Gasteiger partial charge in [0.2, 0.25) is 0 Å². The topological polar surface area (TPSA) is 16.4 Å². The van der Waals surface area contributed by atoms with Gasteiger partial charge in [-0.2, -0.15) is 0 Å². The number of furan rings is 1. The van der Waals surface area contributed by atoms with Crippen molar-refractivity contribution in [3.63, 3.8) is 0 Å². The van der Waals surface area contributed by atoms with E-state index in [-0.39, 0.29) is 0 Å². The molecule has 0 amide bonds. The molecule has 71 heavy (non-hydrogen) atoms. The van der Waals surface area contributed by atoms with Crippen molar-refractivity contribution in [2.24, 2.45) is 0 Å². The normalized spacial score (nSPS) is 14.3. The minimum atomic E-state index is -0.530. The van der Waals surface area contributed by atoms with Gasteiger partial charge in [0.1, 0.15) is 11.2 Å². The van der Waals surface area contributed by atoms with Crippen LogP contribution >= 0.6 is 0 Å². The van der Waals surface area contributed by atoms with Gasteiger partial charge in [0.25, 0.3) is 0 Å². The molecule has 1 spiro atoms. The van der Waals surface area contributed by atoms with Crippen LogP contribution in [0.15, 0.2) is 265 Å². The molecular weight excluding hydrogens is 859 g/mol. The highest BCUT2D eigenvalue weighted by Gasteiger charge is 2.52. The van der Waals surface area contributed by atoms with E-state index in [9.17, 15) is 0 Å². The smallest absolute Gasteiger partial charge is 0.143 e. The van der Waals surface area contributed by atoms with Gasteiger partial charge in [-0.1, -0.05) is 212 Å². The van der Waals surface area contributed by atoms with Gasteiger partial charge < -0.3 is 9.32 Å². The van der Waals surface area contributed by atoms with Crippen LogP contribution in [0.4, 0.5) is 17.1 Å². The SMILES string of the molecule is c1ccc(-c2ccc3c(c2)C2(c4ccccc4-3)c3ccccc3-c3ccc(N(c4ccc(-c5ccc6oc7c(-c8ccccc8)cccc7c6c5)cc4)c4cc5ccccc5c5ccccc45)cc32)cc1. The van der Waals surface area contributed by atoms with E-state index in [0.717, 1.165) is 61.3 Å². The fraction of sp³-hybridized carbons (Fsp3) is 0.0145. The minimum Gasteiger partial charge on any atom is -0.455 e. The number of fused-ring (bicyclic) bond motifs is 16. The maximum absolute atomic E-state index is 6.59. The van der Waals surface area contributed by atoms with E-state index >= 15 is 0 Å². The van der Waals surface area contributed by atoms with Crippen molar-refractivity contribution in [1.29, 1.82) is 0 Å². The van der Waals surface area contributed by atoms with Crippen molar-refractivity contribution >= 4 is 60.5 Å². The number of hydrogen-bond acceptors (Lipinski definition) is 2. The van der Waals surface area contributed by atoms with Crippen molar-refractivity contribution in [1.82, 2.24) is 0 Å². The molecule has 1 atom stereocenters. The quantitative estimate of drug-likeness (QED) is 0.155. The third-order valence-corrected chi connectivity index (χ3v) is 15.5. The second-order valence-corrected chi connectivity index (χ2v) is 19.1. The van der Waals surface area contributed by atoms with Crippen molar-refractivity contribution in [3.05, 3.63) is 283 Å². The van der Waals surface area contributed by atoms with Gasteiger partial charge in [0.05, 0.1) is 11.1 Å². The standard InChI is InChI=1S/C69H43NO/c1-3-16-44(17-4-1)48-32-37-57-55-23-11-13-28-62(55)69(64(57)41-48)63-29-14-12-24-56(63)58-38-36-51(43-65(58)69)70(66-42-49-20-7-8-21-52(49)54-22-9-10-25-59(54)66)50-34-30-45(31-35-50)47-33-39-67-61(40-47)60-27-15-26-53(68(60)71-67)46-18-5-2-6-19-46/h1-43H. The summed E-state index contributed by atoms with van der Waals surface area (Å²) in [6.45, 7) is 0. The zero-order valence-corrected chi connectivity index (χ0v) is 38.7. The Morgan fingerprint density at radius 3 is 1.56 bits per heavy atom. The summed E-state index contributed by atoms with van der Waals surface area (Å²) in [5.74, 6) is 0. The first-order valence-corrected chi connectivity index (χ1v) is 24.6. The molecule has 2 aliphatic carbocycles. The molecule has 330 valence electrons. The van der Waals surface area contributed by atoms with Crippen LogP contribution in [-0.2, 0) is 5.41 Å². The molecule has 0 bridgehead atoms. The van der Waals surface area contributed by atoms with Gasteiger partial charge in [0.15, 0.2) is 0 Å². The average Bonchev–Trinajstić information content (AvgIpc) is 4.07. The molecule has 1 unspecified atom stereocenters. The van der Waals surface area contributed by atoms with Crippen LogP contribution < -0.4 is 4.90 Å². The van der Waals surface area contributed by atoms with Gasteiger partial charge in [-0.05, 0) is 137 Å². The molecule has 1 aromatic heterocycles. The van der Waals surface area contributed by atoms with Crippen molar-refractivity contribution in [2.75, 3.05) is 4.90 Å². The first-order chi connectivity index (χ1) is 35.2. The molecule has 2 nitrogen and oxygen atoms in total. The number of hydrogen-bond donors (Lipinski definition) is 0. The van der Waals surface area contributed by atoms with Crippen LogP contribution in [0.2, 0.25) is 0 Å². The molecule has 0 fully saturated rings. The summed E-state index contributed by atoms with van der Waals surface area (Å²) in [5.41, 5.74) is 22.0. The van der Waals surface area contributed by atoms with E-state index in [1.165, 1.54) is 77.2 Å². The van der Waals surface area contributed by atoms with Gasteiger partial charge in [-0.25, -0.2) is 0 Å². The maximum Gasteiger partial charge on any atom is 0.143 e. The lowest BCUT2D eigenvalue weighted by molar-refractivity contribution is 0.670. The Hall–Kier alpha value is -9.24. The molecule has 1 heterocycles. The van der Waals surface area contributed by atoms with E-state index in [1.807, 2.05) is 0 Å². The summed E-state index contributed by atoms with van der Waals surface area (Å²) in [7, 11) is 0. The van der Waals surface area contributed by atoms with Crippen molar-refractivity contribution in [3.8, 4) is 55.6 Å². The lowest BCUT2D eigenvalue weighted by Crippen LogP contribution is -2.26. The number of anilines is 3. The summed E-state index contributed by atoms with van der Waals surface area (Å²) >= 11 is 0.